The lowest BCUT2D eigenvalue weighted by Gasteiger charge is -2.28. The predicted molar refractivity (Wildman–Crippen MR) is 157 cm³/mol. The normalized spacial score (nSPS) is 15.5. The lowest BCUT2D eigenvalue weighted by molar-refractivity contribution is -0.121. The Morgan fingerprint density at radius 2 is 1.74 bits per heavy atom. The molecule has 6 heteroatoms. The van der Waals surface area contributed by atoms with Crippen LogP contribution in [0, 0.1) is 6.92 Å². The van der Waals surface area contributed by atoms with Crippen LogP contribution in [0.2, 0.25) is 0 Å². The highest BCUT2D eigenvalue weighted by Crippen LogP contribution is 2.27. The molecule has 1 amide bonds. The van der Waals surface area contributed by atoms with E-state index in [2.05, 4.69) is 49.9 Å². The van der Waals surface area contributed by atoms with Crippen LogP contribution in [0.3, 0.4) is 0 Å². The van der Waals surface area contributed by atoms with E-state index in [9.17, 15) is 4.79 Å². The molecule has 0 N–H and O–H groups in total. The molecule has 0 saturated heterocycles. The van der Waals surface area contributed by atoms with Crippen molar-refractivity contribution in [2.45, 2.75) is 74.7 Å². The molecule has 0 atom stereocenters. The zero-order valence-corrected chi connectivity index (χ0v) is 25.3. The van der Waals surface area contributed by atoms with Crippen LogP contribution in [-0.2, 0) is 4.79 Å². The monoisotopic (exact) mass is 546 g/mol. The van der Waals surface area contributed by atoms with E-state index in [1.54, 1.807) is 19.0 Å². The zero-order chi connectivity index (χ0) is 27.0. The lowest BCUT2D eigenvalue weighted by Crippen LogP contribution is -2.32. The third-order valence-corrected chi connectivity index (χ3v) is 6.06. The molecule has 1 aromatic rings. The first-order valence-electron chi connectivity index (χ1n) is 13.0. The third-order valence-electron chi connectivity index (χ3n) is 5.37. The van der Waals surface area contributed by atoms with Gasteiger partial charge in [-0.3, -0.25) is 19.7 Å². The molecule has 0 bridgehead atoms. The van der Waals surface area contributed by atoms with Gasteiger partial charge in [-0.1, -0.05) is 75.2 Å². The van der Waals surface area contributed by atoms with E-state index in [1.165, 1.54) is 16.7 Å². The summed E-state index contributed by atoms with van der Waals surface area (Å²) in [6.07, 6.45) is 10.9. The van der Waals surface area contributed by atoms with E-state index in [4.69, 9.17) is 0 Å². The second kappa shape index (κ2) is 18.3. The predicted octanol–water partition coefficient (Wildman–Crippen LogP) is 7.47. The summed E-state index contributed by atoms with van der Waals surface area (Å²) >= 11 is 3.63. The summed E-state index contributed by atoms with van der Waals surface area (Å²) in [7, 11) is 3.54. The molecule has 0 fully saturated rings. The van der Waals surface area contributed by atoms with Gasteiger partial charge in [-0.05, 0) is 50.3 Å². The van der Waals surface area contributed by atoms with Crippen LogP contribution in [0.15, 0.2) is 50.7 Å². The molecule has 5 nitrogen and oxygen atoms in total. The number of hydrogen-bond acceptors (Lipinski definition) is 4. The molecule has 196 valence electrons. The number of halogens is 1. The van der Waals surface area contributed by atoms with E-state index >= 15 is 0 Å². The summed E-state index contributed by atoms with van der Waals surface area (Å²) in [6.45, 7) is 19.1. The van der Waals surface area contributed by atoms with Crippen molar-refractivity contribution < 1.29 is 4.79 Å². The minimum Gasteiger partial charge on any atom is -0.344 e. The molecule has 0 aromatic carbocycles. The SMILES string of the molecule is C/C(=C\c1c(Br)ccnc1C)CN1CC=C(C2=CN=C(C(=O)N(C)C)CC2)CC1.CC.CC.CC. The van der Waals surface area contributed by atoms with Crippen LogP contribution in [0.25, 0.3) is 6.08 Å². The number of carbonyl (C=O) groups is 1. The van der Waals surface area contributed by atoms with Crippen molar-refractivity contribution in [3.63, 3.8) is 0 Å². The number of hydrogen-bond donors (Lipinski definition) is 0. The molecule has 2 aliphatic heterocycles. The minimum atomic E-state index is 0.0156. The summed E-state index contributed by atoms with van der Waals surface area (Å²) in [5.74, 6) is 0.0156. The Morgan fingerprint density at radius 1 is 1.09 bits per heavy atom. The summed E-state index contributed by atoms with van der Waals surface area (Å²) in [5.41, 5.74) is 6.85. The molecule has 0 saturated carbocycles. The van der Waals surface area contributed by atoms with E-state index < -0.39 is 0 Å². The maximum atomic E-state index is 12.0. The number of aryl methyl sites for hydroxylation is 1. The molecule has 0 aliphatic carbocycles. The second-order valence-electron chi connectivity index (χ2n) is 7.93. The Bertz CT molecular complexity index is 893. The first kappa shape index (κ1) is 33.0. The van der Waals surface area contributed by atoms with E-state index in [0.29, 0.717) is 5.71 Å². The Morgan fingerprint density at radius 3 is 2.23 bits per heavy atom. The Balaban J connectivity index is 0.00000179. The van der Waals surface area contributed by atoms with Gasteiger partial charge in [-0.2, -0.15) is 0 Å². The van der Waals surface area contributed by atoms with Crippen LogP contribution < -0.4 is 0 Å². The number of amides is 1. The fraction of sp³-hybridized carbons (Fsp3) is 0.552. The van der Waals surface area contributed by atoms with Crippen molar-refractivity contribution >= 4 is 33.6 Å². The van der Waals surface area contributed by atoms with Gasteiger partial charge in [0.25, 0.3) is 5.91 Å². The van der Waals surface area contributed by atoms with Crippen molar-refractivity contribution in [1.82, 2.24) is 14.8 Å². The molecule has 0 unspecified atom stereocenters. The first-order valence-corrected chi connectivity index (χ1v) is 13.8. The van der Waals surface area contributed by atoms with Crippen LogP contribution in [0.1, 0.15) is 79.0 Å². The number of aromatic nitrogens is 1. The number of aliphatic imine (C=N–C) groups is 1. The topological polar surface area (TPSA) is 48.8 Å². The molecule has 35 heavy (non-hydrogen) atoms. The first-order chi connectivity index (χ1) is 16.8. The molecule has 2 aliphatic rings. The number of nitrogens with zero attached hydrogens (tertiary/aromatic N) is 4. The molecule has 0 radical (unpaired) electrons. The Kier molecular flexibility index (Phi) is 17.2. The highest BCUT2D eigenvalue weighted by Gasteiger charge is 2.20. The number of rotatable bonds is 5. The standard InChI is InChI=1S/C23H29BrN4O.3C2H6/c1-16(13-20-17(2)25-10-7-21(20)24)15-28-11-8-18(9-12-28)19-5-6-22(26-14-19)23(29)27(3)4;3*1-2/h7-8,10,13-14H,5-6,9,11-12,15H2,1-4H3;3*1-2H3/b16-13+;;;. The molecule has 3 heterocycles. The van der Waals surface area contributed by atoms with E-state index in [0.717, 1.165) is 54.6 Å². The largest absolute Gasteiger partial charge is 0.344 e. The van der Waals surface area contributed by atoms with Gasteiger partial charge in [0.1, 0.15) is 5.71 Å². The maximum Gasteiger partial charge on any atom is 0.267 e. The van der Waals surface area contributed by atoms with Crippen LogP contribution in [-0.4, -0.2) is 60.1 Å². The maximum absolute atomic E-state index is 12.0. The van der Waals surface area contributed by atoms with Gasteiger partial charge in [-0.15, -0.1) is 0 Å². The molecule has 1 aromatic heterocycles. The summed E-state index contributed by atoms with van der Waals surface area (Å²) < 4.78 is 1.09. The fourth-order valence-corrected chi connectivity index (χ4v) is 4.23. The van der Waals surface area contributed by atoms with Gasteiger partial charge < -0.3 is 4.90 Å². The summed E-state index contributed by atoms with van der Waals surface area (Å²) in [5, 5.41) is 0. The number of pyridine rings is 1. The van der Waals surface area contributed by atoms with Crippen molar-refractivity contribution in [3.05, 3.63) is 57.0 Å². The highest BCUT2D eigenvalue weighted by atomic mass is 79.9. The van der Waals surface area contributed by atoms with Crippen LogP contribution in [0.4, 0.5) is 0 Å². The quantitative estimate of drug-likeness (QED) is 0.384. The minimum absolute atomic E-state index is 0.0156. The third kappa shape index (κ3) is 10.6. The van der Waals surface area contributed by atoms with Gasteiger partial charge in [0.05, 0.1) is 0 Å². The fourth-order valence-electron chi connectivity index (χ4n) is 3.71. The van der Waals surface area contributed by atoms with E-state index in [-0.39, 0.29) is 5.91 Å². The average molecular weight is 548 g/mol. The van der Waals surface area contributed by atoms with Crippen LogP contribution in [0.5, 0.6) is 0 Å². The summed E-state index contributed by atoms with van der Waals surface area (Å²) in [6, 6.07) is 1.99. The van der Waals surface area contributed by atoms with Gasteiger partial charge in [0.15, 0.2) is 0 Å². The molecular formula is C29H47BrN4O. The van der Waals surface area contributed by atoms with Gasteiger partial charge in [0, 0.05) is 61.9 Å². The second-order valence-corrected chi connectivity index (χ2v) is 8.78. The summed E-state index contributed by atoms with van der Waals surface area (Å²) in [4.78, 5) is 24.9. The van der Waals surface area contributed by atoms with Gasteiger partial charge in [-0.25, -0.2) is 0 Å². The van der Waals surface area contributed by atoms with Crippen LogP contribution >= 0.6 is 15.9 Å². The molecule has 3 rings (SSSR count). The number of allylic oxidation sites excluding steroid dienone is 1. The average Bonchev–Trinajstić information content (AvgIpc) is 2.90. The van der Waals surface area contributed by atoms with Crippen molar-refractivity contribution in [2.24, 2.45) is 4.99 Å². The Hall–Kier alpha value is -2.05. The van der Waals surface area contributed by atoms with Crippen molar-refractivity contribution in [3.8, 4) is 0 Å². The van der Waals surface area contributed by atoms with E-state index in [1.807, 2.05) is 66.9 Å². The lowest BCUT2D eigenvalue weighted by atomic mass is 9.93. The van der Waals surface area contributed by atoms with Crippen molar-refractivity contribution in [1.29, 1.82) is 0 Å². The molecular weight excluding hydrogens is 500 g/mol. The zero-order valence-electron chi connectivity index (χ0n) is 23.7. The highest BCUT2D eigenvalue weighted by molar-refractivity contribution is 9.10. The van der Waals surface area contributed by atoms with Crippen molar-refractivity contribution in [2.75, 3.05) is 33.7 Å². The van der Waals surface area contributed by atoms with Gasteiger partial charge in [0.2, 0.25) is 0 Å². The molecule has 0 spiro atoms. The Labute approximate surface area is 223 Å². The smallest absolute Gasteiger partial charge is 0.267 e. The number of carbonyl (C=O) groups excluding carboxylic acids is 1. The van der Waals surface area contributed by atoms with Gasteiger partial charge >= 0.3 is 0 Å².